The summed E-state index contributed by atoms with van der Waals surface area (Å²) in [5.74, 6) is 0.458. The van der Waals surface area contributed by atoms with Crippen molar-refractivity contribution in [3.63, 3.8) is 0 Å². The van der Waals surface area contributed by atoms with E-state index >= 15 is 0 Å². The maximum atomic E-state index is 9.23. The van der Waals surface area contributed by atoms with Gasteiger partial charge in [-0.25, -0.2) is 9.97 Å². The summed E-state index contributed by atoms with van der Waals surface area (Å²) in [7, 11) is 0. The Hall–Kier alpha value is -2.68. The first kappa shape index (κ1) is 16.2. The Labute approximate surface area is 141 Å². The number of aromatic nitrogens is 5. The Morgan fingerprint density at radius 1 is 1.33 bits per heavy atom. The topological polar surface area (TPSA) is 83.2 Å². The van der Waals surface area contributed by atoms with Crippen LogP contribution in [-0.2, 0) is 0 Å². The quantitative estimate of drug-likeness (QED) is 0.709. The maximum Gasteiger partial charge on any atom is 0.141 e. The summed E-state index contributed by atoms with van der Waals surface area (Å²) in [6.45, 7) is 4.37. The summed E-state index contributed by atoms with van der Waals surface area (Å²) in [6, 6.07) is 4.40. The molecule has 0 spiro atoms. The van der Waals surface area contributed by atoms with Crippen molar-refractivity contribution in [2.24, 2.45) is 5.92 Å². The van der Waals surface area contributed by atoms with Crippen LogP contribution in [0.4, 0.5) is 0 Å². The third kappa shape index (κ3) is 3.02. The molecule has 1 unspecified atom stereocenters. The Balaban J connectivity index is 1.96. The molecule has 6 heteroatoms. The van der Waals surface area contributed by atoms with Gasteiger partial charge in [0, 0.05) is 23.3 Å². The first-order valence-electron chi connectivity index (χ1n) is 8.48. The van der Waals surface area contributed by atoms with Crippen molar-refractivity contribution in [3.05, 3.63) is 31.0 Å². The number of nitrogens with zero attached hydrogens (tertiary/aromatic N) is 5. The predicted molar refractivity (Wildman–Crippen MR) is 93.1 cm³/mol. The van der Waals surface area contributed by atoms with Crippen LogP contribution in [0, 0.1) is 17.2 Å². The number of aromatic amines is 1. The predicted octanol–water partition coefficient (Wildman–Crippen LogP) is 4.10. The maximum absolute atomic E-state index is 9.23. The normalized spacial score (nSPS) is 13.7. The summed E-state index contributed by atoms with van der Waals surface area (Å²) in [4.78, 5) is 11.7. The van der Waals surface area contributed by atoms with E-state index in [1.165, 1.54) is 0 Å². The molecule has 2 atom stereocenters. The van der Waals surface area contributed by atoms with Crippen LogP contribution in [0.15, 0.2) is 31.0 Å². The molecule has 0 fully saturated rings. The second-order valence-electron chi connectivity index (χ2n) is 6.06. The summed E-state index contributed by atoms with van der Waals surface area (Å²) in [6.07, 6.45) is 11.0. The van der Waals surface area contributed by atoms with Crippen LogP contribution in [0.5, 0.6) is 0 Å². The summed E-state index contributed by atoms with van der Waals surface area (Å²) >= 11 is 0. The van der Waals surface area contributed by atoms with Crippen LogP contribution >= 0.6 is 0 Å². The molecular weight excluding hydrogens is 300 g/mol. The third-order valence-corrected chi connectivity index (χ3v) is 4.60. The van der Waals surface area contributed by atoms with Gasteiger partial charge in [0.1, 0.15) is 12.0 Å². The van der Waals surface area contributed by atoms with Gasteiger partial charge in [-0.15, -0.1) is 0 Å². The van der Waals surface area contributed by atoms with Crippen molar-refractivity contribution < 1.29 is 0 Å². The van der Waals surface area contributed by atoms with Gasteiger partial charge in [0.2, 0.25) is 0 Å². The molecule has 0 bridgehead atoms. The lowest BCUT2D eigenvalue weighted by Gasteiger charge is -2.24. The van der Waals surface area contributed by atoms with Crippen LogP contribution in [0.25, 0.3) is 22.3 Å². The fourth-order valence-electron chi connectivity index (χ4n) is 3.35. The lowest BCUT2D eigenvalue weighted by molar-refractivity contribution is 0.283. The lowest BCUT2D eigenvalue weighted by Crippen LogP contribution is -2.19. The number of fused-ring (bicyclic) bond motifs is 1. The molecule has 24 heavy (non-hydrogen) atoms. The zero-order valence-electron chi connectivity index (χ0n) is 14.1. The lowest BCUT2D eigenvalue weighted by atomic mass is 9.90. The largest absolute Gasteiger partial charge is 0.346 e. The molecule has 3 aromatic rings. The van der Waals surface area contributed by atoms with Crippen LogP contribution in [0.2, 0.25) is 0 Å². The molecule has 124 valence electrons. The minimum Gasteiger partial charge on any atom is -0.346 e. The second kappa shape index (κ2) is 7.26. The van der Waals surface area contributed by atoms with E-state index in [0.717, 1.165) is 41.6 Å². The monoisotopic (exact) mass is 322 g/mol. The summed E-state index contributed by atoms with van der Waals surface area (Å²) < 4.78 is 1.95. The van der Waals surface area contributed by atoms with E-state index < -0.39 is 0 Å². The van der Waals surface area contributed by atoms with Crippen LogP contribution in [-0.4, -0.2) is 24.7 Å². The fraction of sp³-hybridized carbons (Fsp3) is 0.444. The van der Waals surface area contributed by atoms with E-state index in [2.05, 4.69) is 40.0 Å². The smallest absolute Gasteiger partial charge is 0.141 e. The van der Waals surface area contributed by atoms with Gasteiger partial charge in [0.15, 0.2) is 0 Å². The number of nitrogens with one attached hydrogen (secondary N) is 1. The second-order valence-corrected chi connectivity index (χ2v) is 6.06. The van der Waals surface area contributed by atoms with Crippen molar-refractivity contribution in [3.8, 4) is 17.3 Å². The van der Waals surface area contributed by atoms with Gasteiger partial charge in [-0.05, 0) is 18.4 Å². The fourth-order valence-corrected chi connectivity index (χ4v) is 3.35. The molecule has 0 aliphatic rings. The zero-order chi connectivity index (χ0) is 16.9. The number of hydrogen-bond donors (Lipinski definition) is 1. The van der Waals surface area contributed by atoms with Gasteiger partial charge in [0.05, 0.1) is 30.4 Å². The molecule has 0 aliphatic carbocycles. The molecule has 0 amide bonds. The van der Waals surface area contributed by atoms with Crippen LogP contribution in [0.3, 0.4) is 0 Å². The number of rotatable bonds is 7. The number of H-pyrrole nitrogens is 1. The van der Waals surface area contributed by atoms with Crippen molar-refractivity contribution in [1.82, 2.24) is 24.7 Å². The molecule has 1 N–H and O–H groups in total. The molecule has 3 rings (SSSR count). The van der Waals surface area contributed by atoms with Crippen molar-refractivity contribution in [2.75, 3.05) is 0 Å². The van der Waals surface area contributed by atoms with E-state index in [0.29, 0.717) is 12.3 Å². The molecule has 0 saturated heterocycles. The first-order chi connectivity index (χ1) is 11.8. The van der Waals surface area contributed by atoms with Gasteiger partial charge in [-0.1, -0.05) is 26.7 Å². The zero-order valence-corrected chi connectivity index (χ0v) is 14.1. The average Bonchev–Trinajstić information content (AvgIpc) is 3.26. The average molecular weight is 322 g/mol. The Morgan fingerprint density at radius 2 is 2.21 bits per heavy atom. The molecule has 0 radical (unpaired) electrons. The van der Waals surface area contributed by atoms with Gasteiger partial charge >= 0.3 is 0 Å². The molecule has 3 aromatic heterocycles. The molecule has 0 aromatic carbocycles. The van der Waals surface area contributed by atoms with E-state index in [-0.39, 0.29) is 6.04 Å². The molecule has 0 saturated carbocycles. The molecular formula is C18H22N6. The number of hydrogen-bond acceptors (Lipinski definition) is 4. The first-order valence-corrected chi connectivity index (χ1v) is 8.48. The highest BCUT2D eigenvalue weighted by Gasteiger charge is 2.22. The molecule has 6 nitrogen and oxygen atoms in total. The Kier molecular flexibility index (Phi) is 4.90. The molecule has 0 aliphatic heterocycles. The Morgan fingerprint density at radius 3 is 2.96 bits per heavy atom. The van der Waals surface area contributed by atoms with E-state index in [4.69, 9.17) is 0 Å². The highest BCUT2D eigenvalue weighted by Crippen LogP contribution is 2.31. The van der Waals surface area contributed by atoms with Crippen molar-refractivity contribution >= 4 is 11.0 Å². The van der Waals surface area contributed by atoms with Crippen molar-refractivity contribution in [2.45, 2.75) is 45.6 Å². The van der Waals surface area contributed by atoms with Crippen LogP contribution in [0.1, 0.15) is 45.6 Å². The standard InChI is InChI=1S/C18H22N6/c1-3-5-13(4-2)16(6-8-19)24-11-14(10-23-24)17-15-7-9-20-18(15)22-12-21-17/h7,9-13,16H,3-6H2,1-2H3,(H,20,21,22)/t13?,16-/m1/s1. The Bertz CT molecular complexity index is 840. The van der Waals surface area contributed by atoms with E-state index in [9.17, 15) is 5.26 Å². The van der Waals surface area contributed by atoms with Crippen molar-refractivity contribution in [1.29, 1.82) is 5.26 Å². The minimum atomic E-state index is 0.109. The summed E-state index contributed by atoms with van der Waals surface area (Å²) in [5.41, 5.74) is 2.64. The van der Waals surface area contributed by atoms with E-state index in [1.807, 2.05) is 29.3 Å². The highest BCUT2D eigenvalue weighted by molar-refractivity contribution is 5.89. The molecule has 3 heterocycles. The van der Waals surface area contributed by atoms with Gasteiger partial charge in [-0.3, -0.25) is 4.68 Å². The third-order valence-electron chi connectivity index (χ3n) is 4.60. The summed E-state index contributed by atoms with van der Waals surface area (Å²) in [5, 5.41) is 14.8. The highest BCUT2D eigenvalue weighted by atomic mass is 15.3. The number of nitriles is 1. The van der Waals surface area contributed by atoms with Crippen LogP contribution < -0.4 is 0 Å². The van der Waals surface area contributed by atoms with Gasteiger partial charge in [-0.2, -0.15) is 10.4 Å². The van der Waals surface area contributed by atoms with Gasteiger partial charge in [0.25, 0.3) is 0 Å². The van der Waals surface area contributed by atoms with E-state index in [1.54, 1.807) is 6.33 Å². The minimum absolute atomic E-state index is 0.109. The SMILES string of the molecule is CCCC(CC)[C@@H](CC#N)n1cc(-c2ncnc3[nH]ccc23)cn1. The van der Waals surface area contributed by atoms with Gasteiger partial charge < -0.3 is 4.98 Å².